The molecule has 1 aromatic carbocycles. The van der Waals surface area contributed by atoms with Gasteiger partial charge in [-0.3, -0.25) is 5.10 Å². The highest BCUT2D eigenvalue weighted by Gasteiger charge is 2.10. The van der Waals surface area contributed by atoms with Gasteiger partial charge in [-0.05, 0) is 18.4 Å². The largest absolute Gasteiger partial charge is 0.339 e. The van der Waals surface area contributed by atoms with Gasteiger partial charge >= 0.3 is 0 Å². The second-order valence-corrected chi connectivity index (χ2v) is 4.18. The summed E-state index contributed by atoms with van der Waals surface area (Å²) >= 11 is 0. The number of H-pyrrole nitrogens is 1. The molecule has 2 heterocycles. The molecule has 1 N–H and O–H groups in total. The van der Waals surface area contributed by atoms with Crippen LogP contribution < -0.4 is 0 Å². The van der Waals surface area contributed by atoms with Crippen LogP contribution in [0.25, 0.3) is 11.6 Å². The van der Waals surface area contributed by atoms with Crippen molar-refractivity contribution in [3.8, 4) is 11.6 Å². The van der Waals surface area contributed by atoms with E-state index in [4.69, 9.17) is 4.52 Å². The molecule has 2 aromatic heterocycles. The van der Waals surface area contributed by atoms with Crippen LogP contribution in [0.2, 0.25) is 0 Å². The molecule has 0 spiro atoms. The van der Waals surface area contributed by atoms with Crippen LogP contribution in [0.1, 0.15) is 17.9 Å². The van der Waals surface area contributed by atoms with Crippen molar-refractivity contribution in [2.24, 2.45) is 0 Å². The van der Waals surface area contributed by atoms with E-state index in [2.05, 4.69) is 37.5 Å². The van der Waals surface area contributed by atoms with Crippen LogP contribution in [0.15, 0.2) is 41.2 Å². The Labute approximate surface area is 109 Å². The summed E-state index contributed by atoms with van der Waals surface area (Å²) in [6.07, 6.45) is 4.15. The lowest BCUT2D eigenvalue weighted by Crippen LogP contribution is -1.90. The highest BCUT2D eigenvalue weighted by Crippen LogP contribution is 2.11. The zero-order valence-corrected chi connectivity index (χ0v) is 10.3. The summed E-state index contributed by atoms with van der Waals surface area (Å²) in [5, 5.41) is 10.3. The average molecular weight is 255 g/mol. The van der Waals surface area contributed by atoms with Crippen molar-refractivity contribution in [3.63, 3.8) is 0 Å². The van der Waals surface area contributed by atoms with Gasteiger partial charge in [-0.15, -0.1) is 0 Å². The summed E-state index contributed by atoms with van der Waals surface area (Å²) in [6.45, 7) is 0. The number of hydrogen-bond donors (Lipinski definition) is 1. The third-order valence-electron chi connectivity index (χ3n) is 2.79. The van der Waals surface area contributed by atoms with E-state index in [1.165, 1.54) is 11.9 Å². The molecule has 0 radical (unpaired) electrons. The summed E-state index contributed by atoms with van der Waals surface area (Å²) in [5.74, 6) is 1.60. The minimum atomic E-state index is 0.451. The van der Waals surface area contributed by atoms with Crippen molar-refractivity contribution in [3.05, 3.63) is 48.1 Å². The van der Waals surface area contributed by atoms with Gasteiger partial charge in [0.15, 0.2) is 5.82 Å². The van der Waals surface area contributed by atoms with Crippen molar-refractivity contribution < 1.29 is 4.52 Å². The van der Waals surface area contributed by atoms with E-state index in [1.807, 2.05) is 18.2 Å². The molecule has 19 heavy (non-hydrogen) atoms. The minimum Gasteiger partial charge on any atom is -0.339 e. The predicted molar refractivity (Wildman–Crippen MR) is 68.1 cm³/mol. The van der Waals surface area contributed by atoms with Gasteiger partial charge in [-0.25, -0.2) is 4.98 Å². The summed E-state index contributed by atoms with van der Waals surface area (Å²) in [4.78, 5) is 8.25. The second-order valence-electron chi connectivity index (χ2n) is 4.18. The number of nitrogens with zero attached hydrogens (tertiary/aromatic N) is 4. The summed E-state index contributed by atoms with van der Waals surface area (Å²) in [5.41, 5.74) is 1.32. The van der Waals surface area contributed by atoms with Crippen LogP contribution in [0, 0.1) is 0 Å². The van der Waals surface area contributed by atoms with Gasteiger partial charge in [0, 0.05) is 6.42 Å². The Morgan fingerprint density at radius 3 is 2.79 bits per heavy atom. The van der Waals surface area contributed by atoms with E-state index in [-0.39, 0.29) is 0 Å². The van der Waals surface area contributed by atoms with Gasteiger partial charge in [0.25, 0.3) is 0 Å². The van der Waals surface area contributed by atoms with Crippen LogP contribution in [0.4, 0.5) is 0 Å². The topological polar surface area (TPSA) is 80.5 Å². The molecule has 0 aliphatic carbocycles. The quantitative estimate of drug-likeness (QED) is 0.754. The van der Waals surface area contributed by atoms with Gasteiger partial charge in [-0.1, -0.05) is 35.5 Å². The molecule has 6 heteroatoms. The lowest BCUT2D eigenvalue weighted by molar-refractivity contribution is 0.376. The molecule has 0 aliphatic rings. The Balaban J connectivity index is 1.56. The molecule has 96 valence electrons. The first-order valence-corrected chi connectivity index (χ1v) is 6.14. The number of hydrogen-bond acceptors (Lipinski definition) is 5. The van der Waals surface area contributed by atoms with E-state index >= 15 is 0 Å². The van der Waals surface area contributed by atoms with Crippen LogP contribution in [-0.4, -0.2) is 25.3 Å². The molecule has 0 amide bonds. The molecule has 3 aromatic rings. The highest BCUT2D eigenvalue weighted by molar-refractivity contribution is 5.39. The zero-order valence-electron chi connectivity index (χ0n) is 10.3. The molecule has 3 rings (SSSR count). The molecule has 0 bridgehead atoms. The van der Waals surface area contributed by atoms with Crippen LogP contribution >= 0.6 is 0 Å². The number of rotatable bonds is 5. The highest BCUT2D eigenvalue weighted by atomic mass is 16.5. The number of aromatic amines is 1. The Kier molecular flexibility index (Phi) is 3.31. The van der Waals surface area contributed by atoms with Crippen LogP contribution in [0.3, 0.4) is 0 Å². The number of aryl methyl sites for hydroxylation is 2. The predicted octanol–water partition coefficient (Wildman–Crippen LogP) is 2.03. The number of nitrogens with one attached hydrogen (secondary N) is 1. The average Bonchev–Trinajstić information content (AvgIpc) is 3.10. The van der Waals surface area contributed by atoms with Crippen molar-refractivity contribution in [2.75, 3.05) is 0 Å². The Morgan fingerprint density at radius 2 is 2.00 bits per heavy atom. The van der Waals surface area contributed by atoms with Crippen LogP contribution in [-0.2, 0) is 12.8 Å². The fraction of sp³-hybridized carbons (Fsp3) is 0.231. The van der Waals surface area contributed by atoms with Gasteiger partial charge in [0.05, 0.1) is 0 Å². The maximum absolute atomic E-state index is 5.18. The smallest absolute Gasteiger partial charge is 0.239 e. The zero-order chi connectivity index (χ0) is 12.9. The third-order valence-corrected chi connectivity index (χ3v) is 2.79. The van der Waals surface area contributed by atoms with E-state index in [0.29, 0.717) is 17.5 Å². The third kappa shape index (κ3) is 2.85. The maximum Gasteiger partial charge on any atom is 0.239 e. The standard InChI is InChI=1S/C13H13N5O/c1-2-5-10(6-3-1)7-4-8-11-16-13(18-19-11)12-14-9-15-17-12/h1-3,5-6,9H,4,7-8H2,(H,14,15,17). The van der Waals surface area contributed by atoms with Gasteiger partial charge in [-0.2, -0.15) is 10.1 Å². The lowest BCUT2D eigenvalue weighted by atomic mass is 10.1. The molecule has 0 saturated carbocycles. The molecular weight excluding hydrogens is 242 g/mol. The van der Waals surface area contributed by atoms with Gasteiger partial charge < -0.3 is 4.52 Å². The normalized spacial score (nSPS) is 10.7. The minimum absolute atomic E-state index is 0.451. The van der Waals surface area contributed by atoms with Crippen molar-refractivity contribution >= 4 is 0 Å². The molecule has 0 unspecified atom stereocenters. The summed E-state index contributed by atoms with van der Waals surface area (Å²) < 4.78 is 5.18. The monoisotopic (exact) mass is 255 g/mol. The number of aromatic nitrogens is 5. The van der Waals surface area contributed by atoms with Gasteiger partial charge in [0.2, 0.25) is 11.7 Å². The molecule has 0 atom stereocenters. The first-order chi connectivity index (χ1) is 9.42. The lowest BCUT2D eigenvalue weighted by Gasteiger charge is -1.97. The Bertz CT molecular complexity index is 618. The Hall–Kier alpha value is -2.50. The first kappa shape index (κ1) is 11.6. The summed E-state index contributed by atoms with van der Waals surface area (Å²) in [6, 6.07) is 10.3. The Morgan fingerprint density at radius 1 is 1.11 bits per heavy atom. The SMILES string of the molecule is c1ccc(CCCc2nc(-c3ncn[nH]3)no2)cc1. The first-order valence-electron chi connectivity index (χ1n) is 6.14. The molecule has 0 aliphatic heterocycles. The van der Waals surface area contributed by atoms with E-state index < -0.39 is 0 Å². The second kappa shape index (κ2) is 5.43. The summed E-state index contributed by atoms with van der Waals surface area (Å²) in [7, 11) is 0. The van der Waals surface area contributed by atoms with Gasteiger partial charge in [0.1, 0.15) is 6.33 Å². The van der Waals surface area contributed by atoms with E-state index in [1.54, 1.807) is 0 Å². The molecule has 0 saturated heterocycles. The fourth-order valence-electron chi connectivity index (χ4n) is 1.85. The molecule has 6 nitrogen and oxygen atoms in total. The van der Waals surface area contributed by atoms with E-state index in [9.17, 15) is 0 Å². The van der Waals surface area contributed by atoms with E-state index in [0.717, 1.165) is 19.3 Å². The van der Waals surface area contributed by atoms with Crippen molar-refractivity contribution in [1.29, 1.82) is 0 Å². The van der Waals surface area contributed by atoms with Crippen molar-refractivity contribution in [2.45, 2.75) is 19.3 Å². The fourth-order valence-corrected chi connectivity index (χ4v) is 1.85. The molecular formula is C13H13N5O. The van der Waals surface area contributed by atoms with Crippen LogP contribution in [0.5, 0.6) is 0 Å². The maximum atomic E-state index is 5.18. The molecule has 0 fully saturated rings. The number of benzene rings is 1. The van der Waals surface area contributed by atoms with Crippen molar-refractivity contribution in [1.82, 2.24) is 25.3 Å².